The number of carbonyl (C=O) groups excluding carboxylic acids is 3. The third kappa shape index (κ3) is 7.12. The minimum Gasteiger partial charge on any atom is -0.358 e. The smallest absolute Gasteiger partial charge is 0.279 e. The van der Waals surface area contributed by atoms with E-state index >= 15 is 0 Å². The molecule has 0 fully saturated rings. The van der Waals surface area contributed by atoms with Gasteiger partial charge in [-0.1, -0.05) is 11.6 Å². The van der Waals surface area contributed by atoms with E-state index in [9.17, 15) is 14.4 Å². The highest BCUT2D eigenvalue weighted by molar-refractivity contribution is 6.30. The summed E-state index contributed by atoms with van der Waals surface area (Å²) < 4.78 is 0. The monoisotopic (exact) mass is 341 g/mol. The summed E-state index contributed by atoms with van der Waals surface area (Å²) in [5.74, 6) is -0.643. The average molecular weight is 342 g/mol. The number of rotatable bonds is 7. The molecule has 0 saturated carbocycles. The molecule has 1 rings (SSSR count). The summed E-state index contributed by atoms with van der Waals surface area (Å²) in [5, 5.41) is 5.78. The number of carbonyl (C=O) groups is 3. The second kappa shape index (κ2) is 9.12. The number of amides is 3. The van der Waals surface area contributed by atoms with Crippen LogP contribution >= 0.6 is 11.6 Å². The van der Waals surface area contributed by atoms with Crippen LogP contribution in [0.4, 0.5) is 5.69 Å². The number of halogens is 1. The van der Waals surface area contributed by atoms with Crippen LogP contribution in [0.1, 0.15) is 0 Å². The molecule has 23 heavy (non-hydrogen) atoms. The Morgan fingerprint density at radius 2 is 1.74 bits per heavy atom. The van der Waals surface area contributed by atoms with Gasteiger partial charge in [0.1, 0.15) is 0 Å². The zero-order valence-corrected chi connectivity index (χ0v) is 14.2. The van der Waals surface area contributed by atoms with Gasteiger partial charge in [0.25, 0.3) is 11.8 Å². The molecule has 1 aromatic carbocycles. The molecule has 0 aromatic heterocycles. The van der Waals surface area contributed by atoms with E-state index < -0.39 is 0 Å². The van der Waals surface area contributed by atoms with Gasteiger partial charge in [-0.15, -0.1) is 0 Å². The van der Waals surface area contributed by atoms with Crippen LogP contribution in [0.2, 0.25) is 5.02 Å². The number of hydrogen-bond donors (Lipinski definition) is 3. The topological polar surface area (TPSA) is 83.0 Å². The Morgan fingerprint density at radius 1 is 1.13 bits per heavy atom. The second-order valence-corrected chi connectivity index (χ2v) is 5.73. The maximum atomic E-state index is 12.0. The van der Waals surface area contributed by atoms with E-state index in [0.717, 1.165) is 4.90 Å². The molecule has 0 spiro atoms. The molecule has 0 aliphatic heterocycles. The highest BCUT2D eigenvalue weighted by atomic mass is 35.5. The summed E-state index contributed by atoms with van der Waals surface area (Å²) >= 11 is 5.78. The molecule has 0 heterocycles. The fourth-order valence-electron chi connectivity index (χ4n) is 1.85. The van der Waals surface area contributed by atoms with Crippen molar-refractivity contribution < 1.29 is 19.3 Å². The molecular weight excluding hydrogens is 320 g/mol. The first kappa shape index (κ1) is 18.9. The summed E-state index contributed by atoms with van der Waals surface area (Å²) in [7, 11) is 4.81. The minimum atomic E-state index is -0.237. The van der Waals surface area contributed by atoms with E-state index in [1.54, 1.807) is 38.4 Å². The van der Waals surface area contributed by atoms with Crippen molar-refractivity contribution in [2.45, 2.75) is 0 Å². The van der Waals surface area contributed by atoms with E-state index in [2.05, 4.69) is 10.6 Å². The van der Waals surface area contributed by atoms with Gasteiger partial charge in [-0.25, -0.2) is 0 Å². The first-order valence-corrected chi connectivity index (χ1v) is 7.51. The van der Waals surface area contributed by atoms with Crippen LogP contribution in [0.5, 0.6) is 0 Å². The maximum absolute atomic E-state index is 12.0. The van der Waals surface area contributed by atoms with Gasteiger partial charge < -0.3 is 20.4 Å². The van der Waals surface area contributed by atoms with Gasteiger partial charge in [0.15, 0.2) is 13.1 Å². The molecule has 0 bridgehead atoms. The lowest BCUT2D eigenvalue weighted by atomic mass is 10.3. The van der Waals surface area contributed by atoms with Gasteiger partial charge in [-0.2, -0.15) is 0 Å². The van der Waals surface area contributed by atoms with E-state index in [-0.39, 0.29) is 37.4 Å². The quantitative estimate of drug-likeness (QED) is 0.595. The van der Waals surface area contributed by atoms with Crippen molar-refractivity contribution in [1.29, 1.82) is 0 Å². The fraction of sp³-hybridized carbons (Fsp3) is 0.400. The van der Waals surface area contributed by atoms with Crippen LogP contribution in [0.3, 0.4) is 0 Å². The molecule has 3 amide bonds. The van der Waals surface area contributed by atoms with Crippen molar-refractivity contribution in [3.05, 3.63) is 29.3 Å². The first-order valence-electron chi connectivity index (χ1n) is 7.13. The highest BCUT2D eigenvalue weighted by Crippen LogP contribution is 2.12. The van der Waals surface area contributed by atoms with Crippen LogP contribution < -0.4 is 15.5 Å². The van der Waals surface area contributed by atoms with Gasteiger partial charge in [-0.3, -0.25) is 14.4 Å². The van der Waals surface area contributed by atoms with Crippen LogP contribution in [-0.4, -0.2) is 63.4 Å². The Hall–Kier alpha value is -2.12. The van der Waals surface area contributed by atoms with Crippen LogP contribution in [0, 0.1) is 0 Å². The number of hydrogen-bond acceptors (Lipinski definition) is 3. The molecule has 8 heteroatoms. The van der Waals surface area contributed by atoms with E-state index in [1.165, 1.54) is 11.9 Å². The third-order valence-corrected chi connectivity index (χ3v) is 3.38. The van der Waals surface area contributed by atoms with Crippen molar-refractivity contribution in [3.63, 3.8) is 0 Å². The summed E-state index contributed by atoms with van der Waals surface area (Å²) in [6.45, 7) is 0.267. The standard InChI is InChI=1S/C15H21ClN4O3/c1-17-13(21)9-20(3)15(23)10-19(2)8-14(22)18-12-6-4-11(16)5-7-12/h4-7H,8-10H2,1-3H3,(H,17,21)(H,18,22)/p+1. The molecule has 3 N–H and O–H groups in total. The molecule has 126 valence electrons. The van der Waals surface area contributed by atoms with Crippen LogP contribution in [-0.2, 0) is 14.4 Å². The largest absolute Gasteiger partial charge is 0.358 e. The predicted molar refractivity (Wildman–Crippen MR) is 88.4 cm³/mol. The summed E-state index contributed by atoms with van der Waals surface area (Å²) in [6.07, 6.45) is 0. The van der Waals surface area contributed by atoms with Crippen LogP contribution in [0.25, 0.3) is 0 Å². The van der Waals surface area contributed by atoms with Gasteiger partial charge in [0.05, 0.1) is 13.6 Å². The van der Waals surface area contributed by atoms with Crippen LogP contribution in [0.15, 0.2) is 24.3 Å². The SMILES string of the molecule is CNC(=O)CN(C)C(=O)C[NH+](C)CC(=O)Nc1ccc(Cl)cc1. The van der Waals surface area contributed by atoms with Gasteiger partial charge in [0.2, 0.25) is 5.91 Å². The molecule has 1 aromatic rings. The number of quaternary nitrogens is 1. The van der Waals surface area contributed by atoms with Crippen molar-refractivity contribution in [2.24, 2.45) is 0 Å². The van der Waals surface area contributed by atoms with Crippen molar-refractivity contribution in [3.8, 4) is 0 Å². The van der Waals surface area contributed by atoms with Gasteiger partial charge in [0, 0.05) is 24.8 Å². The number of nitrogens with zero attached hydrogens (tertiary/aromatic N) is 1. The lowest BCUT2D eigenvalue weighted by Gasteiger charge is -2.19. The van der Waals surface area contributed by atoms with E-state index in [1.807, 2.05) is 0 Å². The Bertz CT molecular complexity index is 562. The maximum Gasteiger partial charge on any atom is 0.279 e. The van der Waals surface area contributed by atoms with Crippen molar-refractivity contribution >= 4 is 35.0 Å². The average Bonchev–Trinajstić information content (AvgIpc) is 2.48. The summed E-state index contributed by atoms with van der Waals surface area (Å²) in [6, 6.07) is 6.78. The molecular formula is C15H22ClN4O3+. The number of nitrogens with one attached hydrogen (secondary N) is 3. The summed E-state index contributed by atoms with van der Waals surface area (Å²) in [4.78, 5) is 37.2. The van der Waals surface area contributed by atoms with Crippen molar-refractivity contribution in [2.75, 3.05) is 46.1 Å². The second-order valence-electron chi connectivity index (χ2n) is 5.29. The van der Waals surface area contributed by atoms with Gasteiger partial charge in [-0.05, 0) is 24.3 Å². The Balaban J connectivity index is 2.41. The zero-order valence-electron chi connectivity index (χ0n) is 13.5. The number of benzene rings is 1. The molecule has 0 aliphatic rings. The molecule has 0 radical (unpaired) electrons. The Labute approximate surface area is 140 Å². The number of anilines is 1. The van der Waals surface area contributed by atoms with Crippen molar-refractivity contribution in [1.82, 2.24) is 10.2 Å². The molecule has 0 aliphatic carbocycles. The highest BCUT2D eigenvalue weighted by Gasteiger charge is 2.18. The van der Waals surface area contributed by atoms with E-state index in [0.29, 0.717) is 10.7 Å². The lowest BCUT2D eigenvalue weighted by molar-refractivity contribution is -0.862. The fourth-order valence-corrected chi connectivity index (χ4v) is 1.98. The summed E-state index contributed by atoms with van der Waals surface area (Å²) in [5.41, 5.74) is 0.648. The molecule has 1 atom stereocenters. The zero-order chi connectivity index (χ0) is 17.4. The number of likely N-dealkylation sites (N-methyl/N-ethyl adjacent to an activating group) is 3. The minimum absolute atomic E-state index is 0.000412. The molecule has 0 saturated heterocycles. The van der Waals surface area contributed by atoms with E-state index in [4.69, 9.17) is 11.6 Å². The Kier molecular flexibility index (Phi) is 7.50. The first-order chi connectivity index (χ1) is 10.8. The third-order valence-electron chi connectivity index (χ3n) is 3.13. The normalized spacial score (nSPS) is 11.5. The molecule has 1 unspecified atom stereocenters. The van der Waals surface area contributed by atoms with Gasteiger partial charge >= 0.3 is 0 Å². The predicted octanol–water partition coefficient (Wildman–Crippen LogP) is -1.00. The Morgan fingerprint density at radius 3 is 2.30 bits per heavy atom. The lowest BCUT2D eigenvalue weighted by Crippen LogP contribution is -3.11. The molecule has 7 nitrogen and oxygen atoms in total.